The van der Waals surface area contributed by atoms with Gasteiger partial charge in [-0.25, -0.2) is 4.79 Å². The molecule has 110 valence electrons. The van der Waals surface area contributed by atoms with Crippen LogP contribution < -0.4 is 21.7 Å². The van der Waals surface area contributed by atoms with Crippen molar-refractivity contribution < 1.29 is 4.74 Å². The standard InChI is InChI=1S/C14H9BrN4O3/c15-7-3-1-6(2-4-7)9-8(5-16)11(17)22-13-10(9)12(20)18-14(21)19-13/h1-4,9H,17H2,(H2,18,19,20,21). The molecule has 7 nitrogen and oxygen atoms in total. The molecule has 1 unspecified atom stereocenters. The number of hydrogen-bond acceptors (Lipinski definition) is 5. The number of aromatic nitrogens is 2. The molecule has 0 bridgehead atoms. The Morgan fingerprint density at radius 3 is 2.55 bits per heavy atom. The maximum atomic E-state index is 12.2. The summed E-state index contributed by atoms with van der Waals surface area (Å²) in [6.45, 7) is 0. The highest BCUT2D eigenvalue weighted by Crippen LogP contribution is 2.38. The van der Waals surface area contributed by atoms with Gasteiger partial charge in [0.2, 0.25) is 11.8 Å². The second-order valence-electron chi connectivity index (χ2n) is 4.63. The first-order chi connectivity index (χ1) is 10.5. The first kappa shape index (κ1) is 14.2. The van der Waals surface area contributed by atoms with Crippen molar-refractivity contribution >= 4 is 15.9 Å². The van der Waals surface area contributed by atoms with E-state index in [4.69, 9.17) is 10.5 Å². The highest BCUT2D eigenvalue weighted by atomic mass is 79.9. The molecular weight excluding hydrogens is 352 g/mol. The molecule has 2 aromatic rings. The van der Waals surface area contributed by atoms with Crippen LogP contribution >= 0.6 is 15.9 Å². The van der Waals surface area contributed by atoms with Crippen LogP contribution in [0.5, 0.6) is 5.88 Å². The molecule has 0 spiro atoms. The number of rotatable bonds is 1. The number of nitrogens with one attached hydrogen (secondary N) is 2. The van der Waals surface area contributed by atoms with E-state index in [-0.39, 0.29) is 22.9 Å². The summed E-state index contributed by atoms with van der Waals surface area (Å²) in [6.07, 6.45) is 0. The average molecular weight is 361 g/mol. The Labute approximate surface area is 132 Å². The van der Waals surface area contributed by atoms with Crippen LogP contribution in [0.3, 0.4) is 0 Å². The van der Waals surface area contributed by atoms with E-state index in [1.165, 1.54) is 0 Å². The number of nitriles is 1. The van der Waals surface area contributed by atoms with E-state index in [1.807, 2.05) is 6.07 Å². The summed E-state index contributed by atoms with van der Waals surface area (Å²) >= 11 is 3.33. The first-order valence-electron chi connectivity index (χ1n) is 6.21. The maximum Gasteiger partial charge on any atom is 0.328 e. The van der Waals surface area contributed by atoms with Gasteiger partial charge in [0.25, 0.3) is 5.56 Å². The molecule has 1 atom stereocenters. The van der Waals surface area contributed by atoms with Crippen LogP contribution in [0.1, 0.15) is 17.0 Å². The second kappa shape index (κ2) is 5.20. The fraction of sp³-hybridized carbons (Fsp3) is 0.0714. The molecule has 8 heteroatoms. The Hall–Kier alpha value is -2.79. The van der Waals surface area contributed by atoms with Crippen LogP contribution in [-0.2, 0) is 0 Å². The monoisotopic (exact) mass is 360 g/mol. The van der Waals surface area contributed by atoms with Crippen LogP contribution in [0.25, 0.3) is 0 Å². The largest absolute Gasteiger partial charge is 0.424 e. The van der Waals surface area contributed by atoms with Crippen molar-refractivity contribution in [2.75, 3.05) is 0 Å². The molecule has 0 aliphatic carbocycles. The van der Waals surface area contributed by atoms with Gasteiger partial charge in [0, 0.05) is 4.47 Å². The number of aromatic amines is 2. The first-order valence-corrected chi connectivity index (χ1v) is 7.00. The molecule has 3 rings (SSSR count). The minimum absolute atomic E-state index is 0.0434. The Morgan fingerprint density at radius 2 is 1.91 bits per heavy atom. The fourth-order valence-electron chi connectivity index (χ4n) is 2.38. The third-order valence-electron chi connectivity index (χ3n) is 3.32. The fourth-order valence-corrected chi connectivity index (χ4v) is 2.64. The highest BCUT2D eigenvalue weighted by molar-refractivity contribution is 9.10. The van der Waals surface area contributed by atoms with Gasteiger partial charge < -0.3 is 10.5 Å². The van der Waals surface area contributed by atoms with Crippen LogP contribution in [-0.4, -0.2) is 9.97 Å². The summed E-state index contributed by atoms with van der Waals surface area (Å²) in [7, 11) is 0. The molecule has 0 radical (unpaired) electrons. The third kappa shape index (κ3) is 2.21. The highest BCUT2D eigenvalue weighted by Gasteiger charge is 2.33. The lowest BCUT2D eigenvalue weighted by Crippen LogP contribution is -2.33. The van der Waals surface area contributed by atoms with Crippen molar-refractivity contribution in [2.24, 2.45) is 5.73 Å². The van der Waals surface area contributed by atoms with Gasteiger partial charge in [0.15, 0.2) is 0 Å². The Kier molecular flexibility index (Phi) is 3.35. The lowest BCUT2D eigenvalue weighted by Gasteiger charge is -2.24. The van der Waals surface area contributed by atoms with E-state index < -0.39 is 17.2 Å². The molecule has 1 aliphatic heterocycles. The SMILES string of the molecule is N#CC1=C(N)Oc2[nH]c(=O)[nH]c(=O)c2C1c1ccc(Br)cc1. The Balaban J connectivity index is 2.32. The molecular formula is C14H9BrN4O3. The van der Waals surface area contributed by atoms with E-state index in [9.17, 15) is 14.9 Å². The molecule has 22 heavy (non-hydrogen) atoms. The van der Waals surface area contributed by atoms with Crippen molar-refractivity contribution in [3.63, 3.8) is 0 Å². The summed E-state index contributed by atoms with van der Waals surface area (Å²) in [5, 5.41) is 9.36. The molecule has 0 saturated heterocycles. The van der Waals surface area contributed by atoms with Crippen molar-refractivity contribution in [1.29, 1.82) is 5.26 Å². The number of benzene rings is 1. The van der Waals surface area contributed by atoms with E-state index in [0.29, 0.717) is 5.56 Å². The zero-order valence-corrected chi connectivity index (χ0v) is 12.6. The summed E-state index contributed by atoms with van der Waals surface area (Å²) in [5.74, 6) is -0.884. The molecule has 0 fully saturated rings. The quantitative estimate of drug-likeness (QED) is 0.700. The lowest BCUT2D eigenvalue weighted by atomic mass is 9.85. The summed E-state index contributed by atoms with van der Waals surface area (Å²) < 4.78 is 6.08. The van der Waals surface area contributed by atoms with E-state index in [2.05, 4.69) is 25.9 Å². The van der Waals surface area contributed by atoms with Gasteiger partial charge in [-0.15, -0.1) is 0 Å². The number of ether oxygens (including phenoxy) is 1. The summed E-state index contributed by atoms with van der Waals surface area (Å²) in [5.41, 5.74) is 5.38. The number of halogens is 1. The van der Waals surface area contributed by atoms with Gasteiger partial charge in [0.05, 0.1) is 11.5 Å². The van der Waals surface area contributed by atoms with Crippen molar-refractivity contribution in [3.8, 4) is 11.9 Å². The van der Waals surface area contributed by atoms with E-state index in [0.717, 1.165) is 4.47 Å². The molecule has 1 aromatic carbocycles. The van der Waals surface area contributed by atoms with Gasteiger partial charge in [-0.05, 0) is 17.7 Å². The van der Waals surface area contributed by atoms with Crippen LogP contribution in [0.2, 0.25) is 0 Å². The van der Waals surface area contributed by atoms with Crippen LogP contribution in [0.15, 0.2) is 49.8 Å². The second-order valence-corrected chi connectivity index (χ2v) is 5.54. The molecule has 4 N–H and O–H groups in total. The zero-order chi connectivity index (χ0) is 15.9. The number of H-pyrrole nitrogens is 2. The smallest absolute Gasteiger partial charge is 0.328 e. The number of nitrogens with two attached hydrogens (primary N) is 1. The number of nitrogens with zero attached hydrogens (tertiary/aromatic N) is 1. The number of allylic oxidation sites excluding steroid dienone is 1. The van der Waals surface area contributed by atoms with Crippen molar-refractivity contribution in [2.45, 2.75) is 5.92 Å². The van der Waals surface area contributed by atoms with Gasteiger partial charge >= 0.3 is 5.69 Å². The normalized spacial score (nSPS) is 16.6. The Bertz CT molecular complexity index is 934. The maximum absolute atomic E-state index is 12.2. The predicted molar refractivity (Wildman–Crippen MR) is 81.1 cm³/mol. The molecule has 1 aliphatic rings. The van der Waals surface area contributed by atoms with Crippen molar-refractivity contribution in [1.82, 2.24) is 9.97 Å². The van der Waals surface area contributed by atoms with Gasteiger partial charge in [-0.3, -0.25) is 14.8 Å². The van der Waals surface area contributed by atoms with E-state index in [1.54, 1.807) is 24.3 Å². The van der Waals surface area contributed by atoms with Gasteiger partial charge in [0.1, 0.15) is 11.6 Å². The minimum atomic E-state index is -0.706. The lowest BCUT2D eigenvalue weighted by molar-refractivity contribution is 0.373. The molecule has 0 amide bonds. The van der Waals surface area contributed by atoms with Gasteiger partial charge in [-0.1, -0.05) is 28.1 Å². The summed E-state index contributed by atoms with van der Waals surface area (Å²) in [6, 6.07) is 9.07. The average Bonchev–Trinajstić information content (AvgIpc) is 2.46. The van der Waals surface area contributed by atoms with E-state index >= 15 is 0 Å². The van der Waals surface area contributed by atoms with Crippen LogP contribution in [0.4, 0.5) is 0 Å². The number of hydrogen-bond donors (Lipinski definition) is 3. The van der Waals surface area contributed by atoms with Gasteiger partial charge in [-0.2, -0.15) is 5.26 Å². The molecule has 2 heterocycles. The van der Waals surface area contributed by atoms with Crippen molar-refractivity contribution in [3.05, 3.63) is 72.2 Å². The topological polar surface area (TPSA) is 125 Å². The molecule has 0 saturated carbocycles. The molecule has 1 aromatic heterocycles. The summed E-state index contributed by atoms with van der Waals surface area (Å²) in [4.78, 5) is 28.1. The number of fused-ring (bicyclic) bond motifs is 1. The predicted octanol–water partition coefficient (Wildman–Crippen LogP) is 1.04. The third-order valence-corrected chi connectivity index (χ3v) is 3.85. The minimum Gasteiger partial charge on any atom is -0.424 e. The Morgan fingerprint density at radius 1 is 1.23 bits per heavy atom. The zero-order valence-electron chi connectivity index (χ0n) is 11.0. The van der Waals surface area contributed by atoms with Crippen LogP contribution in [0, 0.1) is 11.3 Å².